The average molecular weight is 305 g/mol. The SMILES string of the molecule is Cc1cnn(C2(C(=O)O)CCN(Cc3ccsc3)CC2)c1. The Morgan fingerprint density at radius 1 is 1.48 bits per heavy atom. The van der Waals surface area contributed by atoms with E-state index in [0.717, 1.165) is 25.2 Å². The molecule has 1 aliphatic rings. The summed E-state index contributed by atoms with van der Waals surface area (Å²) in [5, 5.41) is 18.2. The quantitative estimate of drug-likeness (QED) is 0.942. The van der Waals surface area contributed by atoms with Gasteiger partial charge in [-0.25, -0.2) is 4.79 Å². The van der Waals surface area contributed by atoms with Gasteiger partial charge in [0.2, 0.25) is 0 Å². The smallest absolute Gasteiger partial charge is 0.331 e. The minimum atomic E-state index is -0.889. The lowest BCUT2D eigenvalue weighted by atomic mass is 9.87. The van der Waals surface area contributed by atoms with Crippen LogP contribution >= 0.6 is 11.3 Å². The van der Waals surface area contributed by atoms with Gasteiger partial charge in [-0.2, -0.15) is 16.4 Å². The monoisotopic (exact) mass is 305 g/mol. The second-order valence-corrected chi connectivity index (χ2v) is 6.49. The van der Waals surface area contributed by atoms with Gasteiger partial charge in [-0.15, -0.1) is 0 Å². The maximum absolute atomic E-state index is 11.8. The molecule has 0 bridgehead atoms. The molecule has 1 fully saturated rings. The van der Waals surface area contributed by atoms with E-state index >= 15 is 0 Å². The molecule has 3 heterocycles. The van der Waals surface area contributed by atoms with Crippen LogP contribution in [0.15, 0.2) is 29.2 Å². The second kappa shape index (κ2) is 5.61. The molecule has 0 saturated carbocycles. The van der Waals surface area contributed by atoms with Gasteiger partial charge in [0.25, 0.3) is 0 Å². The van der Waals surface area contributed by atoms with Crippen molar-refractivity contribution in [2.24, 2.45) is 0 Å². The van der Waals surface area contributed by atoms with E-state index in [9.17, 15) is 9.90 Å². The van der Waals surface area contributed by atoms with E-state index < -0.39 is 11.5 Å². The molecule has 0 unspecified atom stereocenters. The van der Waals surface area contributed by atoms with E-state index in [2.05, 4.69) is 26.8 Å². The molecule has 2 aromatic rings. The van der Waals surface area contributed by atoms with Crippen molar-refractivity contribution in [2.75, 3.05) is 13.1 Å². The summed E-state index contributed by atoms with van der Waals surface area (Å²) in [6.45, 7) is 4.39. The lowest BCUT2D eigenvalue weighted by Gasteiger charge is -2.38. The fraction of sp³-hybridized carbons (Fsp3) is 0.467. The van der Waals surface area contributed by atoms with Crippen molar-refractivity contribution >= 4 is 17.3 Å². The zero-order valence-corrected chi connectivity index (χ0v) is 12.8. The lowest BCUT2D eigenvalue weighted by Crippen LogP contribution is -2.51. The van der Waals surface area contributed by atoms with Gasteiger partial charge in [0.1, 0.15) is 0 Å². The summed E-state index contributed by atoms with van der Waals surface area (Å²) >= 11 is 1.70. The van der Waals surface area contributed by atoms with Crippen LogP contribution in [0.1, 0.15) is 24.0 Å². The molecule has 1 aliphatic heterocycles. The van der Waals surface area contributed by atoms with E-state index in [1.807, 2.05) is 13.1 Å². The Labute approximate surface area is 127 Å². The number of carboxylic acids is 1. The standard InChI is InChI=1S/C15H19N3O2S/c1-12-8-16-18(9-12)15(14(19)20)3-5-17(6-4-15)10-13-2-7-21-11-13/h2,7-9,11H,3-6,10H2,1H3,(H,19,20). The lowest BCUT2D eigenvalue weighted by molar-refractivity contribution is -0.151. The minimum Gasteiger partial charge on any atom is -0.479 e. The van der Waals surface area contributed by atoms with Gasteiger partial charge in [0.05, 0.1) is 6.20 Å². The molecule has 5 nitrogen and oxygen atoms in total. The van der Waals surface area contributed by atoms with E-state index in [1.54, 1.807) is 22.2 Å². The molecular formula is C15H19N3O2S. The summed E-state index contributed by atoms with van der Waals surface area (Å²) in [5.74, 6) is -0.777. The zero-order chi connectivity index (χ0) is 14.9. The summed E-state index contributed by atoms with van der Waals surface area (Å²) in [7, 11) is 0. The van der Waals surface area contributed by atoms with Gasteiger partial charge < -0.3 is 5.11 Å². The van der Waals surface area contributed by atoms with E-state index in [0.29, 0.717) is 12.8 Å². The molecule has 0 radical (unpaired) electrons. The Bertz CT molecular complexity index is 613. The Morgan fingerprint density at radius 3 is 2.76 bits per heavy atom. The van der Waals surface area contributed by atoms with Crippen LogP contribution in [-0.4, -0.2) is 38.8 Å². The Hall–Kier alpha value is -1.66. The van der Waals surface area contributed by atoms with Crippen LogP contribution < -0.4 is 0 Å². The van der Waals surface area contributed by atoms with Crippen LogP contribution in [0.5, 0.6) is 0 Å². The highest BCUT2D eigenvalue weighted by atomic mass is 32.1. The molecular weight excluding hydrogens is 286 g/mol. The average Bonchev–Trinajstić information content (AvgIpc) is 3.11. The van der Waals surface area contributed by atoms with Crippen molar-refractivity contribution in [2.45, 2.75) is 31.8 Å². The first-order valence-electron chi connectivity index (χ1n) is 7.09. The van der Waals surface area contributed by atoms with Crippen molar-refractivity contribution in [1.82, 2.24) is 14.7 Å². The molecule has 0 aromatic carbocycles. The first-order chi connectivity index (χ1) is 10.1. The molecule has 1 saturated heterocycles. The predicted molar refractivity (Wildman–Crippen MR) is 81.4 cm³/mol. The molecule has 21 heavy (non-hydrogen) atoms. The van der Waals surface area contributed by atoms with Crippen molar-refractivity contribution in [1.29, 1.82) is 0 Å². The molecule has 0 spiro atoms. The molecule has 6 heteroatoms. The third kappa shape index (κ3) is 2.73. The van der Waals surface area contributed by atoms with Gasteiger partial charge in [-0.1, -0.05) is 0 Å². The van der Waals surface area contributed by atoms with Crippen molar-refractivity contribution in [3.63, 3.8) is 0 Å². The summed E-state index contributed by atoms with van der Waals surface area (Å²) < 4.78 is 1.65. The number of likely N-dealkylation sites (tertiary alicyclic amines) is 1. The van der Waals surface area contributed by atoms with Crippen LogP contribution in [0.25, 0.3) is 0 Å². The maximum atomic E-state index is 11.8. The number of aliphatic carboxylic acids is 1. The third-order valence-electron chi connectivity index (χ3n) is 4.22. The molecule has 2 aromatic heterocycles. The van der Waals surface area contributed by atoms with E-state index in [-0.39, 0.29) is 0 Å². The van der Waals surface area contributed by atoms with Crippen molar-refractivity contribution in [3.05, 3.63) is 40.3 Å². The zero-order valence-electron chi connectivity index (χ0n) is 12.0. The summed E-state index contributed by atoms with van der Waals surface area (Å²) in [6, 6.07) is 2.13. The molecule has 0 aliphatic carbocycles. The second-order valence-electron chi connectivity index (χ2n) is 5.71. The number of piperidine rings is 1. The Balaban J connectivity index is 1.73. The van der Waals surface area contributed by atoms with Crippen LogP contribution in [0.4, 0.5) is 0 Å². The number of aromatic nitrogens is 2. The fourth-order valence-electron chi connectivity index (χ4n) is 2.91. The van der Waals surface area contributed by atoms with Crippen LogP contribution in [0, 0.1) is 6.92 Å². The highest BCUT2D eigenvalue weighted by molar-refractivity contribution is 7.07. The number of carboxylic acid groups (broad SMARTS) is 1. The predicted octanol–water partition coefficient (Wildman–Crippen LogP) is 2.33. The largest absolute Gasteiger partial charge is 0.479 e. The van der Waals surface area contributed by atoms with Crippen LogP contribution in [0.2, 0.25) is 0 Å². The number of aryl methyl sites for hydroxylation is 1. The van der Waals surface area contributed by atoms with E-state index in [4.69, 9.17) is 0 Å². The number of hydrogen-bond acceptors (Lipinski definition) is 4. The van der Waals surface area contributed by atoms with Gasteiger partial charge in [0, 0.05) is 25.8 Å². The molecule has 112 valence electrons. The highest BCUT2D eigenvalue weighted by Crippen LogP contribution is 2.31. The minimum absolute atomic E-state index is 0.591. The van der Waals surface area contributed by atoms with Crippen LogP contribution in [-0.2, 0) is 16.9 Å². The maximum Gasteiger partial charge on any atom is 0.331 e. The Kier molecular flexibility index (Phi) is 3.82. The number of hydrogen-bond donors (Lipinski definition) is 1. The van der Waals surface area contributed by atoms with Gasteiger partial charge in [0.15, 0.2) is 5.54 Å². The number of nitrogens with zero attached hydrogens (tertiary/aromatic N) is 3. The van der Waals surface area contributed by atoms with Gasteiger partial charge >= 0.3 is 5.97 Å². The fourth-order valence-corrected chi connectivity index (χ4v) is 3.57. The summed E-state index contributed by atoms with van der Waals surface area (Å²) in [6.07, 6.45) is 4.74. The third-order valence-corrected chi connectivity index (χ3v) is 4.95. The van der Waals surface area contributed by atoms with E-state index in [1.165, 1.54) is 5.56 Å². The molecule has 1 N–H and O–H groups in total. The number of thiophene rings is 1. The molecule has 0 atom stereocenters. The summed E-state index contributed by atoms with van der Waals surface area (Å²) in [4.78, 5) is 14.2. The normalized spacial score (nSPS) is 18.7. The van der Waals surface area contributed by atoms with Crippen molar-refractivity contribution < 1.29 is 9.90 Å². The van der Waals surface area contributed by atoms with Gasteiger partial charge in [-0.05, 0) is 47.7 Å². The number of carbonyl (C=O) groups is 1. The first-order valence-corrected chi connectivity index (χ1v) is 8.03. The first kappa shape index (κ1) is 14.3. The van der Waals surface area contributed by atoms with Gasteiger partial charge in [-0.3, -0.25) is 9.58 Å². The highest BCUT2D eigenvalue weighted by Gasteiger charge is 2.44. The Morgan fingerprint density at radius 2 is 2.24 bits per heavy atom. The number of rotatable bonds is 4. The van der Waals surface area contributed by atoms with Crippen molar-refractivity contribution in [3.8, 4) is 0 Å². The summed E-state index contributed by atoms with van der Waals surface area (Å²) in [5.41, 5.74) is 1.41. The molecule has 3 rings (SSSR count). The topological polar surface area (TPSA) is 58.4 Å². The molecule has 0 amide bonds. The van der Waals surface area contributed by atoms with Crippen LogP contribution in [0.3, 0.4) is 0 Å².